The highest BCUT2D eigenvalue weighted by molar-refractivity contribution is 5.90. The van der Waals surface area contributed by atoms with Gasteiger partial charge in [-0.05, 0) is 6.42 Å². The van der Waals surface area contributed by atoms with Crippen LogP contribution < -0.4 is 5.32 Å². The van der Waals surface area contributed by atoms with Crippen LogP contribution in [0.3, 0.4) is 0 Å². The third-order valence-electron chi connectivity index (χ3n) is 2.00. The number of aryl methyl sites for hydroxylation is 1. The molecule has 0 aliphatic rings. The Morgan fingerprint density at radius 2 is 2.33 bits per heavy atom. The molecule has 0 atom stereocenters. The molecule has 102 valence electrons. The second-order valence-corrected chi connectivity index (χ2v) is 3.58. The molecule has 2 N–H and O–H groups in total. The third-order valence-corrected chi connectivity index (χ3v) is 2.00. The summed E-state index contributed by atoms with van der Waals surface area (Å²) in [5.41, 5.74) is 0. The van der Waals surface area contributed by atoms with E-state index in [9.17, 15) is 13.6 Å². The minimum Gasteiger partial charge on any atom is -0.374 e. The largest absolute Gasteiger partial charge is 0.374 e. The van der Waals surface area contributed by atoms with Crippen molar-refractivity contribution in [2.45, 2.75) is 26.2 Å². The quantitative estimate of drug-likeness (QED) is 0.678. The summed E-state index contributed by atoms with van der Waals surface area (Å²) in [5.74, 6) is 0.248. The van der Waals surface area contributed by atoms with Crippen LogP contribution in [0.25, 0.3) is 0 Å². The zero-order valence-electron chi connectivity index (χ0n) is 10.1. The SMILES string of the molecule is CCCc1nc(C(=O)NCCOCC(F)F)n[nH]1. The number of aromatic amines is 1. The first kappa shape index (κ1) is 14.5. The number of hydrogen-bond donors (Lipinski definition) is 2. The van der Waals surface area contributed by atoms with Gasteiger partial charge in [0.05, 0.1) is 6.61 Å². The Hall–Kier alpha value is -1.57. The zero-order chi connectivity index (χ0) is 13.4. The van der Waals surface area contributed by atoms with Gasteiger partial charge in [-0.1, -0.05) is 6.92 Å². The number of nitrogens with one attached hydrogen (secondary N) is 2. The van der Waals surface area contributed by atoms with Gasteiger partial charge in [-0.25, -0.2) is 13.8 Å². The van der Waals surface area contributed by atoms with Crippen molar-refractivity contribution in [3.63, 3.8) is 0 Å². The Kier molecular flexibility index (Phi) is 6.20. The molecule has 0 unspecified atom stereocenters. The van der Waals surface area contributed by atoms with Crippen molar-refractivity contribution in [2.75, 3.05) is 19.8 Å². The smallest absolute Gasteiger partial charge is 0.291 e. The molecule has 0 aromatic carbocycles. The van der Waals surface area contributed by atoms with Crippen molar-refractivity contribution in [3.8, 4) is 0 Å². The maximum Gasteiger partial charge on any atom is 0.291 e. The number of halogens is 2. The Morgan fingerprint density at radius 3 is 3.00 bits per heavy atom. The molecule has 0 radical (unpaired) electrons. The second-order valence-electron chi connectivity index (χ2n) is 3.58. The summed E-state index contributed by atoms with van der Waals surface area (Å²) in [6, 6.07) is 0. The van der Waals surface area contributed by atoms with Gasteiger partial charge in [0.25, 0.3) is 12.3 Å². The number of aromatic nitrogens is 3. The topological polar surface area (TPSA) is 79.9 Å². The van der Waals surface area contributed by atoms with Gasteiger partial charge in [-0.3, -0.25) is 9.89 Å². The highest BCUT2D eigenvalue weighted by Crippen LogP contribution is 1.96. The van der Waals surface area contributed by atoms with Gasteiger partial charge in [0.2, 0.25) is 5.82 Å². The summed E-state index contributed by atoms with van der Waals surface area (Å²) in [6.45, 7) is 1.53. The average molecular weight is 262 g/mol. The summed E-state index contributed by atoms with van der Waals surface area (Å²) in [6.07, 6.45) is -0.875. The maximum absolute atomic E-state index is 11.7. The van der Waals surface area contributed by atoms with Gasteiger partial charge < -0.3 is 10.1 Å². The molecule has 0 bridgehead atoms. The van der Waals surface area contributed by atoms with Crippen LogP contribution in [-0.4, -0.2) is 47.3 Å². The standard InChI is InChI=1S/C10H16F2N4O2/c1-2-3-8-14-9(16-15-8)10(17)13-4-5-18-6-7(11)12/h7H,2-6H2,1H3,(H,13,17)(H,14,15,16). The van der Waals surface area contributed by atoms with E-state index >= 15 is 0 Å². The number of amides is 1. The van der Waals surface area contributed by atoms with Crippen LogP contribution in [0.2, 0.25) is 0 Å². The summed E-state index contributed by atoms with van der Waals surface area (Å²) >= 11 is 0. The van der Waals surface area contributed by atoms with E-state index in [0.29, 0.717) is 5.82 Å². The molecule has 0 saturated heterocycles. The van der Waals surface area contributed by atoms with E-state index < -0.39 is 18.9 Å². The van der Waals surface area contributed by atoms with E-state index in [2.05, 4.69) is 25.2 Å². The van der Waals surface area contributed by atoms with E-state index in [-0.39, 0.29) is 19.0 Å². The molecule has 0 saturated carbocycles. The van der Waals surface area contributed by atoms with Crippen LogP contribution in [0.4, 0.5) is 8.78 Å². The molecule has 18 heavy (non-hydrogen) atoms. The molecular weight excluding hydrogens is 246 g/mol. The molecule has 1 aromatic rings. The number of nitrogens with zero attached hydrogens (tertiary/aromatic N) is 2. The lowest BCUT2D eigenvalue weighted by atomic mass is 10.3. The van der Waals surface area contributed by atoms with Gasteiger partial charge in [-0.2, -0.15) is 0 Å². The summed E-state index contributed by atoms with van der Waals surface area (Å²) in [4.78, 5) is 15.5. The first-order valence-electron chi connectivity index (χ1n) is 5.68. The number of hydrogen-bond acceptors (Lipinski definition) is 4. The highest BCUT2D eigenvalue weighted by Gasteiger charge is 2.11. The van der Waals surface area contributed by atoms with Gasteiger partial charge in [0.15, 0.2) is 0 Å². The fraction of sp³-hybridized carbons (Fsp3) is 0.700. The van der Waals surface area contributed by atoms with Crippen LogP contribution in [0.5, 0.6) is 0 Å². The Balaban J connectivity index is 2.23. The fourth-order valence-electron chi connectivity index (χ4n) is 1.23. The monoisotopic (exact) mass is 262 g/mol. The van der Waals surface area contributed by atoms with Crippen molar-refractivity contribution in [1.29, 1.82) is 0 Å². The highest BCUT2D eigenvalue weighted by atomic mass is 19.3. The number of H-pyrrole nitrogens is 1. The summed E-state index contributed by atoms with van der Waals surface area (Å²) in [7, 11) is 0. The molecule has 1 amide bonds. The Morgan fingerprint density at radius 1 is 1.56 bits per heavy atom. The van der Waals surface area contributed by atoms with Crippen molar-refractivity contribution in [1.82, 2.24) is 20.5 Å². The molecule has 6 nitrogen and oxygen atoms in total. The molecule has 0 spiro atoms. The minimum atomic E-state index is -2.50. The van der Waals surface area contributed by atoms with Gasteiger partial charge in [0.1, 0.15) is 12.4 Å². The first-order valence-corrected chi connectivity index (χ1v) is 5.68. The van der Waals surface area contributed by atoms with Crippen molar-refractivity contribution < 1.29 is 18.3 Å². The van der Waals surface area contributed by atoms with E-state index in [1.165, 1.54) is 0 Å². The predicted molar refractivity (Wildman–Crippen MR) is 59.5 cm³/mol. The average Bonchev–Trinajstić information content (AvgIpc) is 2.77. The second kappa shape index (κ2) is 7.70. The number of alkyl halides is 2. The number of carbonyl (C=O) groups excluding carboxylic acids is 1. The zero-order valence-corrected chi connectivity index (χ0v) is 10.1. The summed E-state index contributed by atoms with van der Waals surface area (Å²) in [5, 5.41) is 8.88. The van der Waals surface area contributed by atoms with Crippen LogP contribution in [0, 0.1) is 0 Å². The van der Waals surface area contributed by atoms with Crippen LogP contribution >= 0.6 is 0 Å². The molecule has 0 aliphatic heterocycles. The molecule has 1 heterocycles. The molecule has 1 aromatic heterocycles. The van der Waals surface area contributed by atoms with Gasteiger partial charge >= 0.3 is 0 Å². The normalized spacial score (nSPS) is 10.9. The van der Waals surface area contributed by atoms with E-state index in [1.54, 1.807) is 0 Å². The maximum atomic E-state index is 11.7. The summed E-state index contributed by atoms with van der Waals surface area (Å²) < 4.78 is 28.1. The molecule has 1 rings (SSSR count). The number of ether oxygens (including phenoxy) is 1. The van der Waals surface area contributed by atoms with Gasteiger partial charge in [-0.15, -0.1) is 5.10 Å². The van der Waals surface area contributed by atoms with E-state index in [1.807, 2.05) is 6.92 Å². The lowest BCUT2D eigenvalue weighted by molar-refractivity contribution is 0.0188. The van der Waals surface area contributed by atoms with E-state index in [4.69, 9.17) is 0 Å². The lowest BCUT2D eigenvalue weighted by Gasteiger charge is -2.03. The molecule has 0 fully saturated rings. The number of carbonyl (C=O) groups is 1. The first-order chi connectivity index (χ1) is 8.63. The van der Waals surface area contributed by atoms with Crippen LogP contribution in [0.1, 0.15) is 29.8 Å². The van der Waals surface area contributed by atoms with Crippen LogP contribution in [-0.2, 0) is 11.2 Å². The lowest BCUT2D eigenvalue weighted by Crippen LogP contribution is -2.28. The fourth-order valence-corrected chi connectivity index (χ4v) is 1.23. The van der Waals surface area contributed by atoms with Gasteiger partial charge in [0, 0.05) is 13.0 Å². The van der Waals surface area contributed by atoms with E-state index in [0.717, 1.165) is 12.8 Å². The predicted octanol–water partition coefficient (Wildman–Crippen LogP) is 0.769. The Bertz CT molecular complexity index is 371. The third kappa shape index (κ3) is 5.17. The van der Waals surface area contributed by atoms with Crippen molar-refractivity contribution in [3.05, 3.63) is 11.6 Å². The van der Waals surface area contributed by atoms with Crippen molar-refractivity contribution in [2.24, 2.45) is 0 Å². The molecule has 0 aliphatic carbocycles. The Labute approximate surface area is 103 Å². The molecule has 8 heteroatoms. The van der Waals surface area contributed by atoms with Crippen molar-refractivity contribution >= 4 is 5.91 Å². The molecular formula is C10H16F2N4O2. The minimum absolute atomic E-state index is 0.0301. The van der Waals surface area contributed by atoms with Crippen LogP contribution in [0.15, 0.2) is 0 Å². The number of rotatable bonds is 8.